The first-order valence-electron chi connectivity index (χ1n) is 7.12. The summed E-state index contributed by atoms with van der Waals surface area (Å²) in [5.41, 5.74) is 3.57. The van der Waals surface area contributed by atoms with E-state index in [1.165, 1.54) is 18.2 Å². The molecule has 0 amide bonds. The predicted octanol–water partition coefficient (Wildman–Crippen LogP) is 3.52. The zero-order chi connectivity index (χ0) is 17.0. The van der Waals surface area contributed by atoms with Gasteiger partial charge in [0.2, 0.25) is 0 Å². The van der Waals surface area contributed by atoms with Crippen LogP contribution in [-0.4, -0.2) is 20.5 Å². The van der Waals surface area contributed by atoms with Crippen molar-refractivity contribution in [3.05, 3.63) is 71.4 Å². The molecule has 0 spiro atoms. The number of nitrogens with one attached hydrogen (secondary N) is 1. The molecule has 2 aromatic carbocycles. The maximum atomic E-state index is 12.1. The third-order valence-electron chi connectivity index (χ3n) is 3.56. The Balaban J connectivity index is 2.03. The second-order valence-electron chi connectivity index (χ2n) is 5.44. The molecule has 0 fully saturated rings. The summed E-state index contributed by atoms with van der Waals surface area (Å²) in [5.74, 6) is -0.0895. The fourth-order valence-electron chi connectivity index (χ4n) is 2.00. The molecular weight excluding hydrogens is 310 g/mol. The minimum absolute atomic E-state index is 0.0895. The summed E-state index contributed by atoms with van der Waals surface area (Å²) >= 11 is 0. The van der Waals surface area contributed by atoms with Crippen LogP contribution in [0.4, 0.5) is 5.69 Å². The molecule has 0 heterocycles. The van der Waals surface area contributed by atoms with Crippen LogP contribution in [0.1, 0.15) is 21.5 Å². The Bertz CT molecular complexity index is 850. The Morgan fingerprint density at radius 3 is 2.22 bits per heavy atom. The van der Waals surface area contributed by atoms with Crippen molar-refractivity contribution in [2.75, 3.05) is 11.6 Å². The average Bonchev–Trinajstić information content (AvgIpc) is 2.49. The molecule has 2 aromatic rings. The van der Waals surface area contributed by atoms with Crippen molar-refractivity contribution >= 4 is 21.3 Å². The maximum absolute atomic E-state index is 12.1. The second kappa shape index (κ2) is 6.79. The van der Waals surface area contributed by atoms with Gasteiger partial charge in [-0.05, 0) is 55.3 Å². The van der Waals surface area contributed by atoms with E-state index >= 15 is 0 Å². The van der Waals surface area contributed by atoms with Gasteiger partial charge >= 0.3 is 0 Å². The SMILES string of the molecule is Cc1ccc(C(=O)/C=C/Nc2ccc(S(C)(=O)=O)cc2)cc1C. The lowest BCUT2D eigenvalue weighted by Crippen LogP contribution is -1.99. The summed E-state index contributed by atoms with van der Waals surface area (Å²) in [5, 5.41) is 2.95. The zero-order valence-electron chi connectivity index (χ0n) is 13.3. The molecule has 0 aromatic heterocycles. The van der Waals surface area contributed by atoms with Gasteiger partial charge in [-0.3, -0.25) is 4.79 Å². The van der Waals surface area contributed by atoms with Gasteiger partial charge in [0.05, 0.1) is 4.90 Å². The van der Waals surface area contributed by atoms with Crippen molar-refractivity contribution in [1.29, 1.82) is 0 Å². The molecule has 1 N–H and O–H groups in total. The first kappa shape index (κ1) is 17.0. The molecule has 0 aliphatic rings. The highest BCUT2D eigenvalue weighted by Gasteiger charge is 2.06. The number of benzene rings is 2. The van der Waals surface area contributed by atoms with Gasteiger partial charge < -0.3 is 5.32 Å². The number of allylic oxidation sites excluding steroid dienone is 1. The van der Waals surface area contributed by atoms with E-state index in [0.717, 1.165) is 17.4 Å². The fraction of sp³-hybridized carbons (Fsp3) is 0.167. The van der Waals surface area contributed by atoms with Crippen LogP contribution in [0.2, 0.25) is 0 Å². The van der Waals surface area contributed by atoms with Crippen LogP contribution in [0.5, 0.6) is 0 Å². The normalized spacial score (nSPS) is 11.6. The van der Waals surface area contributed by atoms with Crippen LogP contribution in [0.25, 0.3) is 0 Å². The average molecular weight is 329 g/mol. The summed E-state index contributed by atoms with van der Waals surface area (Å²) in [7, 11) is -3.20. The molecule has 0 saturated heterocycles. The molecule has 0 radical (unpaired) electrons. The van der Waals surface area contributed by atoms with Crippen molar-refractivity contribution in [3.63, 3.8) is 0 Å². The van der Waals surface area contributed by atoms with Gasteiger partial charge in [0.1, 0.15) is 0 Å². The number of hydrogen-bond acceptors (Lipinski definition) is 4. The number of carbonyl (C=O) groups excluding carboxylic acids is 1. The summed E-state index contributed by atoms with van der Waals surface area (Å²) in [4.78, 5) is 12.3. The third kappa shape index (κ3) is 4.53. The Hall–Kier alpha value is -2.40. The van der Waals surface area contributed by atoms with Crippen LogP contribution in [-0.2, 0) is 9.84 Å². The molecular formula is C18H19NO3S. The third-order valence-corrected chi connectivity index (χ3v) is 4.69. The Kier molecular flexibility index (Phi) is 5.01. The minimum Gasteiger partial charge on any atom is -0.362 e. The first-order valence-corrected chi connectivity index (χ1v) is 9.01. The van der Waals surface area contributed by atoms with E-state index in [-0.39, 0.29) is 10.7 Å². The lowest BCUT2D eigenvalue weighted by atomic mass is 10.0. The Labute approximate surface area is 136 Å². The summed E-state index contributed by atoms with van der Waals surface area (Å²) in [6.07, 6.45) is 4.17. The van der Waals surface area contributed by atoms with Crippen molar-refractivity contribution in [3.8, 4) is 0 Å². The van der Waals surface area contributed by atoms with Crippen molar-refractivity contribution in [2.24, 2.45) is 0 Å². The van der Waals surface area contributed by atoms with Crippen LogP contribution in [0.15, 0.2) is 59.6 Å². The topological polar surface area (TPSA) is 63.2 Å². The summed E-state index contributed by atoms with van der Waals surface area (Å²) < 4.78 is 22.8. The molecule has 4 nitrogen and oxygen atoms in total. The lowest BCUT2D eigenvalue weighted by molar-refractivity contribution is 0.104. The van der Waals surface area contributed by atoms with E-state index in [1.54, 1.807) is 24.4 Å². The van der Waals surface area contributed by atoms with Gasteiger partial charge in [0.15, 0.2) is 15.6 Å². The number of anilines is 1. The summed E-state index contributed by atoms with van der Waals surface area (Å²) in [6, 6.07) is 11.9. The Morgan fingerprint density at radius 2 is 1.65 bits per heavy atom. The number of sulfone groups is 1. The van der Waals surface area contributed by atoms with Crippen molar-refractivity contribution < 1.29 is 13.2 Å². The van der Waals surface area contributed by atoms with Gasteiger partial charge in [-0.25, -0.2) is 8.42 Å². The van der Waals surface area contributed by atoms with Gasteiger partial charge in [-0.15, -0.1) is 0 Å². The van der Waals surface area contributed by atoms with Gasteiger partial charge in [-0.2, -0.15) is 0 Å². The number of carbonyl (C=O) groups is 1. The number of rotatable bonds is 5. The highest BCUT2D eigenvalue weighted by Crippen LogP contribution is 2.14. The van der Waals surface area contributed by atoms with E-state index in [2.05, 4.69) is 5.32 Å². The summed E-state index contributed by atoms with van der Waals surface area (Å²) in [6.45, 7) is 3.97. The zero-order valence-corrected chi connectivity index (χ0v) is 14.1. The smallest absolute Gasteiger partial charge is 0.187 e. The van der Waals surface area contributed by atoms with E-state index in [0.29, 0.717) is 11.3 Å². The number of hydrogen-bond donors (Lipinski definition) is 1. The monoisotopic (exact) mass is 329 g/mol. The van der Waals surface area contributed by atoms with Crippen molar-refractivity contribution in [1.82, 2.24) is 0 Å². The molecule has 0 atom stereocenters. The standard InChI is InChI=1S/C18H19NO3S/c1-13-4-5-15(12-14(13)2)18(20)10-11-19-16-6-8-17(9-7-16)23(3,21)22/h4-12,19H,1-3H3/b11-10+. The quantitative estimate of drug-likeness (QED) is 0.673. The van der Waals surface area contributed by atoms with Gasteiger partial charge in [0, 0.05) is 29.8 Å². The minimum atomic E-state index is -3.20. The molecule has 5 heteroatoms. The molecule has 23 heavy (non-hydrogen) atoms. The van der Waals surface area contributed by atoms with Crippen LogP contribution >= 0.6 is 0 Å². The molecule has 0 aliphatic carbocycles. The van der Waals surface area contributed by atoms with Gasteiger partial charge in [-0.1, -0.05) is 12.1 Å². The number of ketones is 1. The highest BCUT2D eigenvalue weighted by molar-refractivity contribution is 7.90. The fourth-order valence-corrected chi connectivity index (χ4v) is 2.63. The van der Waals surface area contributed by atoms with Crippen LogP contribution < -0.4 is 5.32 Å². The van der Waals surface area contributed by atoms with E-state index in [1.807, 2.05) is 26.0 Å². The van der Waals surface area contributed by atoms with E-state index < -0.39 is 9.84 Å². The first-order chi connectivity index (χ1) is 10.8. The second-order valence-corrected chi connectivity index (χ2v) is 7.45. The van der Waals surface area contributed by atoms with Crippen LogP contribution in [0, 0.1) is 13.8 Å². The van der Waals surface area contributed by atoms with E-state index in [4.69, 9.17) is 0 Å². The van der Waals surface area contributed by atoms with Crippen molar-refractivity contribution in [2.45, 2.75) is 18.7 Å². The van der Waals surface area contributed by atoms with Crippen LogP contribution in [0.3, 0.4) is 0 Å². The lowest BCUT2D eigenvalue weighted by Gasteiger charge is -2.03. The molecule has 0 unspecified atom stereocenters. The Morgan fingerprint density at radius 1 is 1.00 bits per heavy atom. The number of aryl methyl sites for hydroxylation is 2. The molecule has 2 rings (SSSR count). The van der Waals surface area contributed by atoms with Gasteiger partial charge in [0.25, 0.3) is 0 Å². The molecule has 0 aliphatic heterocycles. The largest absolute Gasteiger partial charge is 0.362 e. The molecule has 0 bridgehead atoms. The highest BCUT2D eigenvalue weighted by atomic mass is 32.2. The molecule has 120 valence electrons. The molecule has 0 saturated carbocycles. The maximum Gasteiger partial charge on any atom is 0.187 e. The predicted molar refractivity (Wildman–Crippen MR) is 92.6 cm³/mol. The van der Waals surface area contributed by atoms with E-state index in [9.17, 15) is 13.2 Å².